The van der Waals surface area contributed by atoms with Crippen LogP contribution in [0.15, 0.2) is 24.3 Å². The summed E-state index contributed by atoms with van der Waals surface area (Å²) in [6.45, 7) is 4.27. The Balaban J connectivity index is 0.00000169. The molecule has 0 aliphatic heterocycles. The van der Waals surface area contributed by atoms with Crippen molar-refractivity contribution in [3.05, 3.63) is 35.4 Å². The Kier molecular flexibility index (Phi) is 3.07. The summed E-state index contributed by atoms with van der Waals surface area (Å²) in [5.74, 6) is 0.481. The van der Waals surface area contributed by atoms with Crippen LogP contribution < -0.4 is 5.32 Å². The molecule has 2 heteroatoms. The van der Waals surface area contributed by atoms with E-state index in [1.54, 1.807) is 7.05 Å². The fourth-order valence-corrected chi connectivity index (χ4v) is 1.16. The summed E-state index contributed by atoms with van der Waals surface area (Å²) in [4.78, 5) is 11.2. The number of benzene rings is 1. The van der Waals surface area contributed by atoms with Gasteiger partial charge in [-0.05, 0) is 23.6 Å². The maximum atomic E-state index is 11.2. The van der Waals surface area contributed by atoms with Gasteiger partial charge in [0.1, 0.15) is 0 Å². The van der Waals surface area contributed by atoms with Crippen LogP contribution in [0, 0.1) is 0 Å². The predicted octanol–water partition coefficient (Wildman–Crippen LogP) is 2.42. The number of carbonyl (C=O) groups excluding carboxylic acids is 1. The first-order chi connectivity index (χ1) is 6.15. The Morgan fingerprint density at radius 1 is 1.31 bits per heavy atom. The molecule has 1 aromatic carbocycles. The molecule has 1 amide bonds. The third-order valence-corrected chi connectivity index (χ3v) is 2.07. The van der Waals surface area contributed by atoms with Crippen molar-refractivity contribution in [1.29, 1.82) is 0 Å². The van der Waals surface area contributed by atoms with Gasteiger partial charge in [0, 0.05) is 14.0 Å². The standard InChI is InChI=1S/C11H15NO.H2/c1-8(2)9-4-6-10(7-5-9)11(13)12-3;/h4-8H,1-3H3,(H,12,13);1H. The molecule has 2 nitrogen and oxygen atoms in total. The lowest BCUT2D eigenvalue weighted by atomic mass is 10.0. The first-order valence-electron chi connectivity index (χ1n) is 4.47. The topological polar surface area (TPSA) is 29.1 Å². The highest BCUT2D eigenvalue weighted by atomic mass is 16.1. The molecule has 1 rings (SSSR count). The Labute approximate surface area is 80.5 Å². The van der Waals surface area contributed by atoms with Gasteiger partial charge in [-0.15, -0.1) is 0 Å². The van der Waals surface area contributed by atoms with Crippen molar-refractivity contribution < 1.29 is 6.22 Å². The summed E-state index contributed by atoms with van der Waals surface area (Å²) in [5, 5.41) is 2.59. The third-order valence-electron chi connectivity index (χ3n) is 2.07. The van der Waals surface area contributed by atoms with E-state index in [2.05, 4.69) is 19.2 Å². The second-order valence-electron chi connectivity index (χ2n) is 3.36. The number of amides is 1. The van der Waals surface area contributed by atoms with Crippen molar-refractivity contribution >= 4 is 5.91 Å². The summed E-state index contributed by atoms with van der Waals surface area (Å²) >= 11 is 0. The molecule has 0 radical (unpaired) electrons. The van der Waals surface area contributed by atoms with Crippen LogP contribution in [0.3, 0.4) is 0 Å². The molecule has 0 unspecified atom stereocenters. The van der Waals surface area contributed by atoms with Crippen molar-refractivity contribution in [2.45, 2.75) is 19.8 Å². The third kappa shape index (κ3) is 2.31. The second kappa shape index (κ2) is 4.08. The Hall–Kier alpha value is -1.31. The van der Waals surface area contributed by atoms with Gasteiger partial charge in [0.15, 0.2) is 0 Å². The summed E-state index contributed by atoms with van der Waals surface area (Å²) in [7, 11) is 1.64. The van der Waals surface area contributed by atoms with E-state index < -0.39 is 0 Å². The molecule has 1 aromatic rings. The highest BCUT2D eigenvalue weighted by Gasteiger charge is 2.03. The van der Waals surface area contributed by atoms with Crippen molar-refractivity contribution in [2.24, 2.45) is 0 Å². The average molecular weight is 179 g/mol. The molecule has 0 fully saturated rings. The van der Waals surface area contributed by atoms with Crippen molar-refractivity contribution in [2.75, 3.05) is 7.05 Å². The van der Waals surface area contributed by atoms with E-state index in [-0.39, 0.29) is 7.33 Å². The second-order valence-corrected chi connectivity index (χ2v) is 3.36. The van der Waals surface area contributed by atoms with Crippen molar-refractivity contribution in [3.8, 4) is 0 Å². The smallest absolute Gasteiger partial charge is 0.251 e. The predicted molar refractivity (Wildman–Crippen MR) is 56.0 cm³/mol. The lowest BCUT2D eigenvalue weighted by Crippen LogP contribution is -2.17. The van der Waals surface area contributed by atoms with Gasteiger partial charge in [-0.2, -0.15) is 0 Å². The van der Waals surface area contributed by atoms with Gasteiger partial charge in [0.25, 0.3) is 5.91 Å². The van der Waals surface area contributed by atoms with Crippen molar-refractivity contribution in [3.63, 3.8) is 0 Å². The lowest BCUT2D eigenvalue weighted by Gasteiger charge is -2.05. The maximum absolute atomic E-state index is 11.2. The molecular weight excluding hydrogens is 162 g/mol. The zero-order valence-electron chi connectivity index (χ0n) is 8.29. The van der Waals surface area contributed by atoms with Crippen molar-refractivity contribution in [1.82, 2.24) is 5.32 Å². The van der Waals surface area contributed by atoms with Gasteiger partial charge < -0.3 is 5.32 Å². The number of hydrogen-bond donors (Lipinski definition) is 1. The minimum atomic E-state index is -0.0321. The minimum absolute atomic E-state index is 0. The van der Waals surface area contributed by atoms with Gasteiger partial charge >= 0.3 is 0 Å². The molecule has 0 saturated heterocycles. The molecule has 0 aliphatic carbocycles. The molecule has 0 aliphatic rings. The van der Waals surface area contributed by atoms with E-state index in [4.69, 9.17) is 0 Å². The van der Waals surface area contributed by atoms with Crippen LogP contribution >= 0.6 is 0 Å². The molecule has 0 aromatic heterocycles. The van der Waals surface area contributed by atoms with Crippen LogP contribution in [0.2, 0.25) is 0 Å². The fourth-order valence-electron chi connectivity index (χ4n) is 1.16. The van der Waals surface area contributed by atoms with E-state index in [1.165, 1.54) is 5.56 Å². The number of hydrogen-bond acceptors (Lipinski definition) is 1. The Morgan fingerprint density at radius 2 is 1.85 bits per heavy atom. The number of nitrogens with one attached hydrogen (secondary N) is 1. The normalized spacial score (nSPS) is 10.2. The summed E-state index contributed by atoms with van der Waals surface area (Å²) in [6, 6.07) is 7.70. The quantitative estimate of drug-likeness (QED) is 0.742. The van der Waals surface area contributed by atoms with Crippen LogP contribution in [-0.4, -0.2) is 13.0 Å². The lowest BCUT2D eigenvalue weighted by molar-refractivity contribution is 0.0963. The molecule has 72 valence electrons. The molecule has 0 bridgehead atoms. The van der Waals surface area contributed by atoms with Gasteiger partial charge in [-0.25, -0.2) is 0 Å². The van der Waals surface area contributed by atoms with Gasteiger partial charge in [-0.3, -0.25) is 4.79 Å². The highest BCUT2D eigenvalue weighted by Crippen LogP contribution is 2.14. The fraction of sp³-hybridized carbons (Fsp3) is 0.364. The molecule has 1 N–H and O–H groups in total. The summed E-state index contributed by atoms with van der Waals surface area (Å²) < 4.78 is 0. The zero-order chi connectivity index (χ0) is 9.84. The summed E-state index contributed by atoms with van der Waals surface area (Å²) in [5.41, 5.74) is 1.97. The van der Waals surface area contributed by atoms with E-state index in [0.29, 0.717) is 11.5 Å². The van der Waals surface area contributed by atoms with E-state index in [1.807, 2.05) is 24.3 Å². The highest BCUT2D eigenvalue weighted by molar-refractivity contribution is 5.93. The summed E-state index contributed by atoms with van der Waals surface area (Å²) in [6.07, 6.45) is 0. The zero-order valence-corrected chi connectivity index (χ0v) is 8.29. The average Bonchev–Trinajstić information content (AvgIpc) is 2.17. The Bertz CT molecular complexity index is 293. The minimum Gasteiger partial charge on any atom is -0.355 e. The van der Waals surface area contributed by atoms with Gasteiger partial charge in [0.05, 0.1) is 0 Å². The van der Waals surface area contributed by atoms with Crippen LogP contribution in [-0.2, 0) is 0 Å². The van der Waals surface area contributed by atoms with E-state index in [9.17, 15) is 4.79 Å². The Morgan fingerprint density at radius 3 is 2.23 bits per heavy atom. The number of carbonyl (C=O) groups is 1. The first-order valence-corrected chi connectivity index (χ1v) is 4.47. The van der Waals surface area contributed by atoms with Gasteiger partial charge in [0.2, 0.25) is 0 Å². The van der Waals surface area contributed by atoms with Crippen LogP contribution in [0.25, 0.3) is 0 Å². The number of rotatable bonds is 2. The maximum Gasteiger partial charge on any atom is 0.251 e. The van der Waals surface area contributed by atoms with Gasteiger partial charge in [-0.1, -0.05) is 26.0 Å². The molecule has 0 saturated carbocycles. The monoisotopic (exact) mass is 179 g/mol. The van der Waals surface area contributed by atoms with Crippen LogP contribution in [0.4, 0.5) is 0 Å². The molecule has 13 heavy (non-hydrogen) atoms. The molecule has 0 spiro atoms. The molecule has 0 atom stereocenters. The van der Waals surface area contributed by atoms with E-state index in [0.717, 1.165) is 0 Å². The van der Waals surface area contributed by atoms with Crippen LogP contribution in [0.1, 0.15) is 37.1 Å². The first kappa shape index (κ1) is 9.78. The molecule has 0 heterocycles. The largest absolute Gasteiger partial charge is 0.355 e. The van der Waals surface area contributed by atoms with E-state index >= 15 is 0 Å². The molecular formula is C11H17NO. The SMILES string of the molecule is CNC(=O)c1ccc(C(C)C)cc1.[HH]. The van der Waals surface area contributed by atoms with Crippen LogP contribution in [0.5, 0.6) is 0 Å².